The molecule has 0 aromatic heterocycles. The summed E-state index contributed by atoms with van der Waals surface area (Å²) >= 11 is 1.66. The van der Waals surface area contributed by atoms with Gasteiger partial charge in [0.15, 0.2) is 0 Å². The second-order valence-electron chi connectivity index (χ2n) is 5.12. The molecule has 2 amide bonds. The average Bonchev–Trinajstić information content (AvgIpc) is 2.97. The second-order valence-corrected chi connectivity index (χ2v) is 6.00. The molecule has 1 aliphatic carbocycles. The van der Waals surface area contributed by atoms with E-state index in [1.807, 2.05) is 30.5 Å². The molecule has 1 saturated carbocycles. The number of benzene rings is 1. The molecule has 1 fully saturated rings. The molecule has 1 aromatic rings. The Morgan fingerprint density at radius 3 is 2.60 bits per heavy atom. The summed E-state index contributed by atoms with van der Waals surface area (Å²) in [4.78, 5) is 12.9. The topological polar surface area (TPSA) is 61.4 Å². The minimum Gasteiger partial charge on any atom is -0.387 e. The van der Waals surface area contributed by atoms with Crippen molar-refractivity contribution in [2.75, 3.05) is 12.8 Å². The number of amides is 2. The van der Waals surface area contributed by atoms with Crippen LogP contribution >= 0.6 is 11.8 Å². The molecule has 4 nitrogen and oxygen atoms in total. The molecule has 110 valence electrons. The van der Waals surface area contributed by atoms with Crippen LogP contribution in [0, 0.1) is 0 Å². The highest BCUT2D eigenvalue weighted by Crippen LogP contribution is 2.19. The van der Waals surface area contributed by atoms with Crippen LogP contribution in [-0.2, 0) is 0 Å². The van der Waals surface area contributed by atoms with Crippen molar-refractivity contribution in [3.63, 3.8) is 0 Å². The molecule has 0 saturated heterocycles. The minimum absolute atomic E-state index is 0.184. The Bertz CT molecular complexity index is 430. The molecule has 2 rings (SSSR count). The van der Waals surface area contributed by atoms with Crippen molar-refractivity contribution < 1.29 is 9.90 Å². The van der Waals surface area contributed by atoms with Crippen LogP contribution in [0.4, 0.5) is 4.79 Å². The number of hydrogen-bond acceptors (Lipinski definition) is 3. The Morgan fingerprint density at radius 2 is 2.00 bits per heavy atom. The average molecular weight is 294 g/mol. The van der Waals surface area contributed by atoms with Gasteiger partial charge < -0.3 is 15.7 Å². The molecule has 5 heteroatoms. The third-order valence-corrected chi connectivity index (χ3v) is 4.39. The fraction of sp³-hybridized carbons (Fsp3) is 0.533. The van der Waals surface area contributed by atoms with Crippen molar-refractivity contribution in [3.05, 3.63) is 29.8 Å². The lowest BCUT2D eigenvalue weighted by Gasteiger charge is -2.16. The van der Waals surface area contributed by atoms with Crippen LogP contribution in [0.1, 0.15) is 37.4 Å². The molecule has 0 spiro atoms. The zero-order valence-electron chi connectivity index (χ0n) is 11.8. The third-order valence-electron chi connectivity index (χ3n) is 3.65. The number of aliphatic hydroxyl groups is 1. The number of carbonyl (C=O) groups excluding carboxylic acids is 1. The van der Waals surface area contributed by atoms with Crippen molar-refractivity contribution in [2.24, 2.45) is 0 Å². The van der Waals surface area contributed by atoms with Gasteiger partial charge in [0.1, 0.15) is 0 Å². The Hall–Kier alpha value is -1.20. The molecule has 20 heavy (non-hydrogen) atoms. The summed E-state index contributed by atoms with van der Waals surface area (Å²) in [7, 11) is 0. The van der Waals surface area contributed by atoms with Crippen LogP contribution in [-0.4, -0.2) is 30.0 Å². The van der Waals surface area contributed by atoms with Gasteiger partial charge in [-0.05, 0) is 36.8 Å². The van der Waals surface area contributed by atoms with E-state index in [0.29, 0.717) is 6.04 Å². The van der Waals surface area contributed by atoms with E-state index < -0.39 is 6.10 Å². The van der Waals surface area contributed by atoms with Gasteiger partial charge in [0.2, 0.25) is 0 Å². The number of aliphatic hydroxyl groups excluding tert-OH is 1. The van der Waals surface area contributed by atoms with E-state index in [-0.39, 0.29) is 12.6 Å². The summed E-state index contributed by atoms with van der Waals surface area (Å²) < 4.78 is 0. The van der Waals surface area contributed by atoms with E-state index in [1.165, 1.54) is 12.8 Å². The van der Waals surface area contributed by atoms with Crippen molar-refractivity contribution in [1.29, 1.82) is 0 Å². The molecule has 3 N–H and O–H groups in total. The van der Waals surface area contributed by atoms with E-state index in [1.54, 1.807) is 11.8 Å². The highest BCUT2D eigenvalue weighted by Gasteiger charge is 2.17. The Labute approximate surface area is 124 Å². The fourth-order valence-corrected chi connectivity index (χ4v) is 2.85. The first-order chi connectivity index (χ1) is 9.69. The molecule has 0 unspecified atom stereocenters. The van der Waals surface area contributed by atoms with Crippen molar-refractivity contribution >= 4 is 17.8 Å². The van der Waals surface area contributed by atoms with Gasteiger partial charge >= 0.3 is 6.03 Å². The van der Waals surface area contributed by atoms with E-state index in [4.69, 9.17) is 0 Å². The highest BCUT2D eigenvalue weighted by atomic mass is 32.2. The zero-order valence-corrected chi connectivity index (χ0v) is 12.6. The predicted molar refractivity (Wildman–Crippen MR) is 82.0 cm³/mol. The van der Waals surface area contributed by atoms with Gasteiger partial charge in [0.05, 0.1) is 6.10 Å². The number of nitrogens with one attached hydrogen (secondary N) is 2. The quantitative estimate of drug-likeness (QED) is 0.732. The number of carbonyl (C=O) groups is 1. The summed E-state index contributed by atoms with van der Waals surface area (Å²) in [6.07, 6.45) is 5.85. The minimum atomic E-state index is -0.666. The normalized spacial score (nSPS) is 16.9. The second kappa shape index (κ2) is 7.55. The van der Waals surface area contributed by atoms with Crippen LogP contribution in [0.15, 0.2) is 29.2 Å². The maximum Gasteiger partial charge on any atom is 0.315 e. The zero-order chi connectivity index (χ0) is 14.4. The highest BCUT2D eigenvalue weighted by molar-refractivity contribution is 7.98. The Balaban J connectivity index is 1.75. The van der Waals surface area contributed by atoms with Crippen LogP contribution < -0.4 is 10.6 Å². The van der Waals surface area contributed by atoms with Crippen molar-refractivity contribution in [3.8, 4) is 0 Å². The van der Waals surface area contributed by atoms with Gasteiger partial charge in [-0.25, -0.2) is 4.79 Å². The Kier molecular flexibility index (Phi) is 5.73. The lowest BCUT2D eigenvalue weighted by atomic mass is 10.1. The standard InChI is InChI=1S/C15H22N2O2S/c1-20-13-8-6-11(7-9-13)14(18)10-16-15(19)17-12-4-2-3-5-12/h6-9,12,14,18H,2-5,10H2,1H3,(H2,16,17,19)/t14-/m1/s1. The summed E-state index contributed by atoms with van der Waals surface area (Å²) in [6, 6.07) is 7.86. The molecule has 0 bridgehead atoms. The van der Waals surface area contributed by atoms with Gasteiger partial charge in [-0.3, -0.25) is 0 Å². The van der Waals surface area contributed by atoms with Crippen molar-refractivity contribution in [2.45, 2.75) is 42.7 Å². The first kappa shape index (κ1) is 15.2. The number of rotatable bonds is 5. The first-order valence-corrected chi connectivity index (χ1v) is 8.28. The van der Waals surface area contributed by atoms with Crippen LogP contribution in [0.3, 0.4) is 0 Å². The number of urea groups is 1. The van der Waals surface area contributed by atoms with E-state index in [9.17, 15) is 9.90 Å². The smallest absolute Gasteiger partial charge is 0.315 e. The molecule has 1 atom stereocenters. The van der Waals surface area contributed by atoms with E-state index in [0.717, 1.165) is 23.3 Å². The molecule has 0 aliphatic heterocycles. The lowest BCUT2D eigenvalue weighted by Crippen LogP contribution is -2.42. The van der Waals surface area contributed by atoms with Crippen molar-refractivity contribution in [1.82, 2.24) is 10.6 Å². The molecular weight excluding hydrogens is 272 g/mol. The number of thioether (sulfide) groups is 1. The van der Waals surface area contributed by atoms with Crippen LogP contribution in [0.5, 0.6) is 0 Å². The van der Waals surface area contributed by atoms with Crippen LogP contribution in [0.25, 0.3) is 0 Å². The molecule has 0 radical (unpaired) electrons. The van der Waals surface area contributed by atoms with Crippen LogP contribution in [0.2, 0.25) is 0 Å². The third kappa shape index (κ3) is 4.42. The van der Waals surface area contributed by atoms with E-state index >= 15 is 0 Å². The predicted octanol–water partition coefficient (Wildman–Crippen LogP) is 2.68. The van der Waals surface area contributed by atoms with Gasteiger partial charge in [0, 0.05) is 17.5 Å². The largest absolute Gasteiger partial charge is 0.387 e. The van der Waals surface area contributed by atoms with Gasteiger partial charge in [-0.1, -0.05) is 25.0 Å². The first-order valence-electron chi connectivity index (χ1n) is 7.05. The summed E-state index contributed by atoms with van der Waals surface area (Å²) in [5.41, 5.74) is 0.823. The fourth-order valence-electron chi connectivity index (χ4n) is 2.44. The summed E-state index contributed by atoms with van der Waals surface area (Å²) in [6.45, 7) is 0.233. The van der Waals surface area contributed by atoms with Gasteiger partial charge in [0.25, 0.3) is 0 Å². The lowest BCUT2D eigenvalue weighted by molar-refractivity contribution is 0.172. The maximum absolute atomic E-state index is 11.7. The molecule has 0 heterocycles. The number of hydrogen-bond donors (Lipinski definition) is 3. The summed E-state index contributed by atoms with van der Waals surface area (Å²) in [5.74, 6) is 0. The molecule has 1 aliphatic rings. The van der Waals surface area contributed by atoms with Gasteiger partial charge in [-0.15, -0.1) is 11.8 Å². The maximum atomic E-state index is 11.7. The Morgan fingerprint density at radius 1 is 1.35 bits per heavy atom. The van der Waals surface area contributed by atoms with Gasteiger partial charge in [-0.2, -0.15) is 0 Å². The molecular formula is C15H22N2O2S. The van der Waals surface area contributed by atoms with E-state index in [2.05, 4.69) is 10.6 Å². The SMILES string of the molecule is CSc1ccc([C@H](O)CNC(=O)NC2CCCC2)cc1. The monoisotopic (exact) mass is 294 g/mol. The summed E-state index contributed by atoms with van der Waals surface area (Å²) in [5, 5.41) is 15.7. The molecule has 1 aromatic carbocycles.